The van der Waals surface area contributed by atoms with Crippen LogP contribution < -0.4 is 9.64 Å². The highest BCUT2D eigenvalue weighted by Gasteiger charge is 2.26. The van der Waals surface area contributed by atoms with Crippen LogP contribution in [0.4, 0.5) is 10.5 Å². The molecule has 1 amide bonds. The van der Waals surface area contributed by atoms with Gasteiger partial charge in [0.15, 0.2) is 0 Å². The molecule has 24 heavy (non-hydrogen) atoms. The molecular formula is C18H27BrN2O3. The molecule has 0 aliphatic carbocycles. The molecule has 0 atom stereocenters. The first-order valence-corrected chi connectivity index (χ1v) is 9.13. The zero-order valence-corrected chi connectivity index (χ0v) is 16.7. The maximum absolute atomic E-state index is 12.1. The molecule has 1 aliphatic heterocycles. The first-order valence-electron chi connectivity index (χ1n) is 8.34. The molecule has 0 unspecified atom stereocenters. The summed E-state index contributed by atoms with van der Waals surface area (Å²) in [6.07, 6.45) is -0.101. The van der Waals surface area contributed by atoms with Gasteiger partial charge in [-0.1, -0.05) is 15.9 Å². The second-order valence-corrected chi connectivity index (χ2v) is 8.18. The third-order valence-corrected chi connectivity index (χ3v) is 3.98. The Morgan fingerprint density at radius 1 is 1.12 bits per heavy atom. The van der Waals surface area contributed by atoms with E-state index in [0.717, 1.165) is 29.0 Å². The van der Waals surface area contributed by atoms with E-state index >= 15 is 0 Å². The van der Waals surface area contributed by atoms with Crippen LogP contribution in [0.2, 0.25) is 0 Å². The fourth-order valence-electron chi connectivity index (χ4n) is 2.54. The Labute approximate surface area is 153 Å². The number of benzene rings is 1. The summed E-state index contributed by atoms with van der Waals surface area (Å²) in [6.45, 7) is 12.5. The summed E-state index contributed by atoms with van der Waals surface area (Å²) in [5.74, 6) is 0.851. The van der Waals surface area contributed by atoms with Crippen LogP contribution in [0.5, 0.6) is 5.75 Å². The van der Waals surface area contributed by atoms with Crippen molar-refractivity contribution in [3.8, 4) is 5.75 Å². The monoisotopic (exact) mass is 398 g/mol. The standard InChI is InChI=1S/C18H27BrN2O3/c1-13(2)23-16-11-14(19)10-15(12-16)20-6-8-21(9-7-20)17(22)24-18(3,4)5/h10-13H,6-9H2,1-5H3. The second-order valence-electron chi connectivity index (χ2n) is 7.27. The molecule has 5 nitrogen and oxygen atoms in total. The molecule has 1 fully saturated rings. The summed E-state index contributed by atoms with van der Waals surface area (Å²) < 4.78 is 12.2. The maximum atomic E-state index is 12.1. The van der Waals surface area contributed by atoms with Gasteiger partial charge in [-0.15, -0.1) is 0 Å². The van der Waals surface area contributed by atoms with Gasteiger partial charge in [0, 0.05) is 42.4 Å². The highest BCUT2D eigenvalue weighted by Crippen LogP contribution is 2.29. The Bertz CT molecular complexity index is 576. The minimum Gasteiger partial charge on any atom is -0.491 e. The molecule has 2 rings (SSSR count). The van der Waals surface area contributed by atoms with Gasteiger partial charge in [-0.2, -0.15) is 0 Å². The molecule has 0 aromatic heterocycles. The van der Waals surface area contributed by atoms with Gasteiger partial charge in [0.25, 0.3) is 0 Å². The van der Waals surface area contributed by atoms with E-state index in [4.69, 9.17) is 9.47 Å². The number of halogens is 1. The molecule has 0 bridgehead atoms. The summed E-state index contributed by atoms with van der Waals surface area (Å²) >= 11 is 3.55. The molecule has 1 heterocycles. The van der Waals surface area contributed by atoms with Crippen LogP contribution in [-0.4, -0.2) is 48.9 Å². The SMILES string of the molecule is CC(C)Oc1cc(Br)cc(N2CCN(C(=O)OC(C)(C)C)CC2)c1. The predicted octanol–water partition coefficient (Wildman–Crippen LogP) is 4.29. The first kappa shape index (κ1) is 18.9. The van der Waals surface area contributed by atoms with Crippen molar-refractivity contribution in [2.75, 3.05) is 31.1 Å². The van der Waals surface area contributed by atoms with E-state index in [9.17, 15) is 4.79 Å². The predicted molar refractivity (Wildman–Crippen MR) is 99.9 cm³/mol. The number of anilines is 1. The quantitative estimate of drug-likeness (QED) is 0.761. The topological polar surface area (TPSA) is 42.0 Å². The Hall–Kier alpha value is -1.43. The van der Waals surface area contributed by atoms with Gasteiger partial charge in [0.05, 0.1) is 6.10 Å². The average Bonchev–Trinajstić information content (AvgIpc) is 2.44. The van der Waals surface area contributed by atoms with Crippen molar-refractivity contribution in [3.63, 3.8) is 0 Å². The van der Waals surface area contributed by atoms with Crippen LogP contribution >= 0.6 is 15.9 Å². The zero-order valence-electron chi connectivity index (χ0n) is 15.1. The lowest BCUT2D eigenvalue weighted by molar-refractivity contribution is 0.0240. The zero-order chi connectivity index (χ0) is 17.9. The van der Waals surface area contributed by atoms with Crippen molar-refractivity contribution in [2.24, 2.45) is 0 Å². The lowest BCUT2D eigenvalue weighted by Gasteiger charge is -2.37. The largest absolute Gasteiger partial charge is 0.491 e. The molecule has 6 heteroatoms. The highest BCUT2D eigenvalue weighted by molar-refractivity contribution is 9.10. The number of ether oxygens (including phenoxy) is 2. The minimum atomic E-state index is -0.457. The third kappa shape index (κ3) is 5.58. The van der Waals surface area contributed by atoms with Crippen molar-refractivity contribution >= 4 is 27.7 Å². The number of piperazine rings is 1. The van der Waals surface area contributed by atoms with Crippen molar-refractivity contribution in [1.29, 1.82) is 0 Å². The van der Waals surface area contributed by atoms with Gasteiger partial charge in [-0.25, -0.2) is 4.79 Å². The fraction of sp³-hybridized carbons (Fsp3) is 0.611. The van der Waals surface area contributed by atoms with Gasteiger partial charge in [0.1, 0.15) is 11.4 Å². The molecule has 1 aromatic rings. The molecule has 0 spiro atoms. The molecule has 1 aromatic carbocycles. The third-order valence-electron chi connectivity index (χ3n) is 3.52. The van der Waals surface area contributed by atoms with Gasteiger partial charge in [-0.3, -0.25) is 0 Å². The van der Waals surface area contributed by atoms with Crippen LogP contribution in [0.15, 0.2) is 22.7 Å². The van der Waals surface area contributed by atoms with Gasteiger partial charge < -0.3 is 19.3 Å². The summed E-state index contributed by atoms with van der Waals surface area (Å²) in [5, 5.41) is 0. The van der Waals surface area contributed by atoms with Crippen LogP contribution in [-0.2, 0) is 4.74 Å². The molecule has 1 saturated heterocycles. The molecule has 0 saturated carbocycles. The van der Waals surface area contributed by atoms with E-state index < -0.39 is 5.60 Å². The number of carbonyl (C=O) groups excluding carboxylic acids is 1. The number of amides is 1. The van der Waals surface area contributed by atoms with E-state index in [1.807, 2.05) is 46.8 Å². The summed E-state index contributed by atoms with van der Waals surface area (Å²) in [6, 6.07) is 6.10. The van der Waals surface area contributed by atoms with Gasteiger partial charge >= 0.3 is 6.09 Å². The van der Waals surface area contributed by atoms with Crippen molar-refractivity contribution in [1.82, 2.24) is 4.90 Å². The lowest BCUT2D eigenvalue weighted by Crippen LogP contribution is -2.50. The van der Waals surface area contributed by atoms with Crippen molar-refractivity contribution in [2.45, 2.75) is 46.3 Å². The molecule has 0 radical (unpaired) electrons. The van der Waals surface area contributed by atoms with Gasteiger partial charge in [-0.05, 0) is 46.8 Å². The van der Waals surface area contributed by atoms with Crippen LogP contribution in [0.25, 0.3) is 0 Å². The smallest absolute Gasteiger partial charge is 0.410 e. The van der Waals surface area contributed by atoms with Gasteiger partial charge in [0.2, 0.25) is 0 Å². The van der Waals surface area contributed by atoms with E-state index in [0.29, 0.717) is 13.1 Å². The Morgan fingerprint density at radius 3 is 2.29 bits per heavy atom. The Balaban J connectivity index is 1.99. The summed E-state index contributed by atoms with van der Waals surface area (Å²) in [5.41, 5.74) is 0.644. The van der Waals surface area contributed by atoms with Crippen molar-refractivity contribution < 1.29 is 14.3 Å². The van der Waals surface area contributed by atoms with E-state index in [1.54, 1.807) is 4.90 Å². The molecule has 1 aliphatic rings. The average molecular weight is 399 g/mol. The normalized spacial score (nSPS) is 15.6. The van der Waals surface area contributed by atoms with E-state index in [-0.39, 0.29) is 12.2 Å². The lowest BCUT2D eigenvalue weighted by atomic mass is 10.2. The minimum absolute atomic E-state index is 0.135. The van der Waals surface area contributed by atoms with E-state index in [1.165, 1.54) is 0 Å². The number of hydrogen-bond donors (Lipinski definition) is 0. The molecule has 134 valence electrons. The first-order chi connectivity index (χ1) is 11.1. The highest BCUT2D eigenvalue weighted by atomic mass is 79.9. The number of carbonyl (C=O) groups is 1. The van der Waals surface area contributed by atoms with E-state index in [2.05, 4.69) is 26.9 Å². The van der Waals surface area contributed by atoms with Crippen molar-refractivity contribution in [3.05, 3.63) is 22.7 Å². The summed E-state index contributed by atoms with van der Waals surface area (Å²) in [4.78, 5) is 16.2. The fourth-order valence-corrected chi connectivity index (χ4v) is 3.00. The molecular weight excluding hydrogens is 372 g/mol. The number of hydrogen-bond acceptors (Lipinski definition) is 4. The van der Waals surface area contributed by atoms with Crippen LogP contribution in [0.3, 0.4) is 0 Å². The Kier molecular flexibility index (Phi) is 6.01. The molecule has 0 N–H and O–H groups in total. The van der Waals surface area contributed by atoms with Crippen LogP contribution in [0.1, 0.15) is 34.6 Å². The Morgan fingerprint density at radius 2 is 1.75 bits per heavy atom. The maximum Gasteiger partial charge on any atom is 0.410 e. The second kappa shape index (κ2) is 7.64. The number of rotatable bonds is 3. The van der Waals surface area contributed by atoms with Crippen LogP contribution in [0, 0.1) is 0 Å². The number of nitrogens with zero attached hydrogens (tertiary/aromatic N) is 2. The summed E-state index contributed by atoms with van der Waals surface area (Å²) in [7, 11) is 0.